The molecule has 5 N–H and O–H groups in total. The molecular weight excluding hydrogens is 324 g/mol. The van der Waals surface area contributed by atoms with Crippen LogP contribution in [0, 0.1) is 0 Å². The molecule has 0 aliphatic rings. The number of rotatable bonds is 8. The van der Waals surface area contributed by atoms with Gasteiger partial charge in [-0.15, -0.1) is 0 Å². The second-order valence-corrected chi connectivity index (χ2v) is 5.47. The minimum atomic E-state index is -1.70. The third-order valence-electron chi connectivity index (χ3n) is 3.62. The molecule has 0 amide bonds. The molecule has 2 aromatic rings. The van der Waals surface area contributed by atoms with Gasteiger partial charge in [-0.2, -0.15) is 5.10 Å². The first kappa shape index (κ1) is 19.0. The maximum absolute atomic E-state index is 10.00. The zero-order chi connectivity index (χ0) is 18.2. The molecule has 2 aromatic carbocycles. The van der Waals surface area contributed by atoms with Gasteiger partial charge in [-0.3, -0.25) is 0 Å². The van der Waals surface area contributed by atoms with Crippen LogP contribution in [-0.2, 0) is 0 Å². The molecule has 7 nitrogen and oxygen atoms in total. The Hall–Kier alpha value is -2.29. The first-order valence-electron chi connectivity index (χ1n) is 7.82. The van der Waals surface area contributed by atoms with Crippen molar-refractivity contribution in [3.05, 3.63) is 60.7 Å². The number of para-hydroxylation sites is 2. The molecule has 0 saturated carbocycles. The third-order valence-corrected chi connectivity index (χ3v) is 3.62. The van der Waals surface area contributed by atoms with Crippen molar-refractivity contribution >= 4 is 17.6 Å². The third kappa shape index (κ3) is 5.09. The quantitative estimate of drug-likeness (QED) is 0.345. The van der Waals surface area contributed by atoms with Crippen LogP contribution in [0.15, 0.2) is 65.8 Å². The Labute approximate surface area is 145 Å². The predicted molar refractivity (Wildman–Crippen MR) is 94.6 cm³/mol. The minimum Gasteiger partial charge on any atom is -0.394 e. The summed E-state index contributed by atoms with van der Waals surface area (Å²) >= 11 is 0. The van der Waals surface area contributed by atoms with Gasteiger partial charge >= 0.3 is 0 Å². The standard InChI is InChI=1S/C18H22N2O5/c21-12-16(23)18(25)17(24)15(22)11-19-20(13-7-3-1-4-8-13)14-9-5-2-6-10-14/h1-11,15-18,21-25H,12H2/b19-11+/t15-,16+,17+,18+/m0/s1. The van der Waals surface area contributed by atoms with Gasteiger partial charge in [0, 0.05) is 0 Å². The van der Waals surface area contributed by atoms with Crippen molar-refractivity contribution < 1.29 is 25.5 Å². The molecule has 0 radical (unpaired) electrons. The summed E-state index contributed by atoms with van der Waals surface area (Å²) in [6.45, 7) is -0.734. The van der Waals surface area contributed by atoms with Gasteiger partial charge in [0.25, 0.3) is 0 Å². The first-order chi connectivity index (χ1) is 12.0. The topological polar surface area (TPSA) is 117 Å². The SMILES string of the molecule is OC[C@@H](O)[C@@H](O)[C@H](O)[C@@H](O)/C=N/N(c1ccccc1)c1ccccc1. The smallest absolute Gasteiger partial charge is 0.119 e. The number of hydrogen-bond acceptors (Lipinski definition) is 7. The van der Waals surface area contributed by atoms with Crippen molar-refractivity contribution in [1.29, 1.82) is 0 Å². The second-order valence-electron chi connectivity index (χ2n) is 5.47. The van der Waals surface area contributed by atoms with Crippen molar-refractivity contribution in [2.45, 2.75) is 24.4 Å². The summed E-state index contributed by atoms with van der Waals surface area (Å²) in [5.74, 6) is 0. The number of anilines is 2. The van der Waals surface area contributed by atoms with E-state index in [0.29, 0.717) is 0 Å². The molecule has 134 valence electrons. The fourth-order valence-electron chi connectivity index (χ4n) is 2.18. The van der Waals surface area contributed by atoms with E-state index in [1.165, 1.54) is 0 Å². The summed E-state index contributed by atoms with van der Waals surface area (Å²) < 4.78 is 0. The van der Waals surface area contributed by atoms with Gasteiger partial charge in [-0.25, -0.2) is 5.01 Å². The van der Waals surface area contributed by atoms with Crippen molar-refractivity contribution in [2.75, 3.05) is 11.6 Å². The van der Waals surface area contributed by atoms with Gasteiger partial charge in [-0.05, 0) is 24.3 Å². The average molecular weight is 346 g/mol. The Bertz CT molecular complexity index is 614. The Morgan fingerprint density at radius 3 is 1.72 bits per heavy atom. The molecule has 0 heterocycles. The van der Waals surface area contributed by atoms with Crippen LogP contribution in [0.3, 0.4) is 0 Å². The molecule has 0 fully saturated rings. The Balaban J connectivity index is 2.20. The van der Waals surface area contributed by atoms with Gasteiger partial charge in [-0.1, -0.05) is 36.4 Å². The molecule has 0 unspecified atom stereocenters. The van der Waals surface area contributed by atoms with Crippen molar-refractivity contribution in [1.82, 2.24) is 0 Å². The summed E-state index contributed by atoms with van der Waals surface area (Å²) in [5.41, 5.74) is 1.48. The lowest BCUT2D eigenvalue weighted by Gasteiger charge is -2.24. The first-order valence-corrected chi connectivity index (χ1v) is 7.82. The number of nitrogens with zero attached hydrogens (tertiary/aromatic N) is 2. The van der Waals surface area contributed by atoms with Gasteiger partial charge in [0.15, 0.2) is 0 Å². The average Bonchev–Trinajstić information content (AvgIpc) is 2.67. The lowest BCUT2D eigenvalue weighted by atomic mass is 10.0. The van der Waals surface area contributed by atoms with E-state index >= 15 is 0 Å². The molecule has 25 heavy (non-hydrogen) atoms. The fourth-order valence-corrected chi connectivity index (χ4v) is 2.18. The molecule has 2 rings (SSSR count). The Morgan fingerprint density at radius 2 is 1.28 bits per heavy atom. The summed E-state index contributed by atoms with van der Waals surface area (Å²) in [6.07, 6.45) is -5.42. The van der Waals surface area contributed by atoms with Crippen LogP contribution < -0.4 is 5.01 Å². The molecule has 7 heteroatoms. The minimum absolute atomic E-state index is 0.734. The van der Waals surface area contributed by atoms with Crippen LogP contribution in [0.25, 0.3) is 0 Å². The van der Waals surface area contributed by atoms with Crippen LogP contribution >= 0.6 is 0 Å². The Kier molecular flexibility index (Phi) is 7.05. The van der Waals surface area contributed by atoms with Gasteiger partial charge in [0.1, 0.15) is 24.4 Å². The molecule has 0 aromatic heterocycles. The summed E-state index contributed by atoms with van der Waals surface area (Å²) in [4.78, 5) is 0. The van der Waals surface area contributed by atoms with Crippen molar-refractivity contribution in [3.63, 3.8) is 0 Å². The van der Waals surface area contributed by atoms with Crippen LogP contribution in [0.4, 0.5) is 11.4 Å². The van der Waals surface area contributed by atoms with E-state index in [9.17, 15) is 20.4 Å². The maximum atomic E-state index is 10.00. The van der Waals surface area contributed by atoms with Crippen molar-refractivity contribution in [2.24, 2.45) is 5.10 Å². The number of benzene rings is 2. The van der Waals surface area contributed by atoms with E-state index in [4.69, 9.17) is 5.11 Å². The highest BCUT2D eigenvalue weighted by Gasteiger charge is 2.29. The number of aliphatic hydroxyl groups excluding tert-OH is 5. The van der Waals surface area contributed by atoms with Gasteiger partial charge in [0.05, 0.1) is 24.2 Å². The van der Waals surface area contributed by atoms with Crippen molar-refractivity contribution in [3.8, 4) is 0 Å². The van der Waals surface area contributed by atoms with E-state index in [-0.39, 0.29) is 0 Å². The lowest BCUT2D eigenvalue weighted by Crippen LogP contribution is -2.46. The molecule has 0 aliphatic heterocycles. The lowest BCUT2D eigenvalue weighted by molar-refractivity contribution is -0.0999. The van der Waals surface area contributed by atoms with Crippen LogP contribution in [0.2, 0.25) is 0 Å². The highest BCUT2D eigenvalue weighted by molar-refractivity contribution is 5.70. The zero-order valence-electron chi connectivity index (χ0n) is 13.5. The summed E-state index contributed by atoms with van der Waals surface area (Å²) in [5, 5.41) is 53.4. The maximum Gasteiger partial charge on any atom is 0.119 e. The predicted octanol–water partition coefficient (Wildman–Crippen LogP) is 0.246. The van der Waals surface area contributed by atoms with Crippen LogP contribution in [0.1, 0.15) is 0 Å². The fraction of sp³-hybridized carbons (Fsp3) is 0.278. The molecule has 4 atom stereocenters. The number of hydrogen-bond donors (Lipinski definition) is 5. The molecule has 0 spiro atoms. The zero-order valence-corrected chi connectivity index (χ0v) is 13.5. The highest BCUT2D eigenvalue weighted by Crippen LogP contribution is 2.25. The van der Waals surface area contributed by atoms with Gasteiger partial charge < -0.3 is 25.5 Å². The van der Waals surface area contributed by atoms with Gasteiger partial charge in [0.2, 0.25) is 0 Å². The van der Waals surface area contributed by atoms with E-state index in [1.807, 2.05) is 60.7 Å². The van der Waals surface area contributed by atoms with E-state index in [0.717, 1.165) is 17.6 Å². The van der Waals surface area contributed by atoms with Crippen LogP contribution in [-0.4, -0.2) is 62.8 Å². The molecule has 0 bridgehead atoms. The van der Waals surface area contributed by atoms with E-state index in [1.54, 1.807) is 5.01 Å². The normalized spacial score (nSPS) is 16.4. The summed E-state index contributed by atoms with van der Waals surface area (Å²) in [6, 6.07) is 18.4. The second kappa shape index (κ2) is 9.26. The Morgan fingerprint density at radius 1 is 0.800 bits per heavy atom. The molecule has 0 aliphatic carbocycles. The number of aliphatic hydroxyl groups is 5. The molecular formula is C18H22N2O5. The number of hydrazone groups is 1. The van der Waals surface area contributed by atoms with Crippen LogP contribution in [0.5, 0.6) is 0 Å². The molecule has 0 saturated heterocycles. The highest BCUT2D eigenvalue weighted by atomic mass is 16.4. The van der Waals surface area contributed by atoms with E-state index < -0.39 is 31.0 Å². The summed E-state index contributed by atoms with van der Waals surface area (Å²) in [7, 11) is 0. The largest absolute Gasteiger partial charge is 0.394 e. The monoisotopic (exact) mass is 346 g/mol. The van der Waals surface area contributed by atoms with E-state index in [2.05, 4.69) is 5.10 Å².